The summed E-state index contributed by atoms with van der Waals surface area (Å²) in [6.45, 7) is 4.25. The van der Waals surface area contributed by atoms with Gasteiger partial charge in [0.1, 0.15) is 5.75 Å². The average molecular weight is 452 g/mol. The second-order valence-corrected chi connectivity index (χ2v) is 8.30. The summed E-state index contributed by atoms with van der Waals surface area (Å²) in [4.78, 5) is 30.0. The Morgan fingerprint density at radius 2 is 1.72 bits per heavy atom. The zero-order valence-electron chi connectivity index (χ0n) is 18.2. The van der Waals surface area contributed by atoms with Crippen molar-refractivity contribution in [3.05, 3.63) is 71.2 Å². The monoisotopic (exact) mass is 451 g/mol. The number of anilines is 1. The van der Waals surface area contributed by atoms with E-state index in [1.54, 1.807) is 25.3 Å². The number of halogens is 1. The minimum atomic E-state index is -0.353. The normalized spacial score (nSPS) is 15.4. The van der Waals surface area contributed by atoms with Crippen LogP contribution < -0.4 is 10.1 Å². The quantitative estimate of drug-likeness (QED) is 0.628. The van der Waals surface area contributed by atoms with Crippen molar-refractivity contribution in [2.45, 2.75) is 13.0 Å². The molecule has 4 rings (SSSR count). The Hall–Kier alpha value is -3.09. The fraction of sp³-hybridized carbons (Fsp3) is 0.280. The van der Waals surface area contributed by atoms with Gasteiger partial charge >= 0.3 is 0 Å². The van der Waals surface area contributed by atoms with Crippen molar-refractivity contribution in [3.63, 3.8) is 0 Å². The number of ether oxygens (including phenoxy) is 1. The lowest BCUT2D eigenvalue weighted by Gasteiger charge is -2.37. The highest BCUT2D eigenvalue weighted by molar-refractivity contribution is 6.31. The molecular formula is C25H26ClN3O3. The third-order valence-corrected chi connectivity index (χ3v) is 6.20. The Balaban J connectivity index is 1.39. The van der Waals surface area contributed by atoms with Crippen molar-refractivity contribution < 1.29 is 14.3 Å². The molecule has 0 saturated carbocycles. The van der Waals surface area contributed by atoms with E-state index in [1.807, 2.05) is 54.3 Å². The Labute approximate surface area is 192 Å². The number of nitrogens with one attached hydrogen (secondary N) is 1. The molecule has 6 nitrogen and oxygen atoms in total. The van der Waals surface area contributed by atoms with Gasteiger partial charge in [-0.15, -0.1) is 0 Å². The van der Waals surface area contributed by atoms with E-state index in [9.17, 15) is 9.59 Å². The van der Waals surface area contributed by atoms with Crippen molar-refractivity contribution in [1.82, 2.24) is 9.80 Å². The average Bonchev–Trinajstić information content (AvgIpc) is 2.83. The minimum Gasteiger partial charge on any atom is -0.495 e. The van der Waals surface area contributed by atoms with Crippen LogP contribution in [0.1, 0.15) is 17.3 Å². The number of methoxy groups -OCH3 is 1. The van der Waals surface area contributed by atoms with Crippen LogP contribution in [-0.2, 0) is 4.79 Å². The summed E-state index contributed by atoms with van der Waals surface area (Å²) in [5.41, 5.74) is 1.26. The highest BCUT2D eigenvalue weighted by Crippen LogP contribution is 2.28. The van der Waals surface area contributed by atoms with Crippen molar-refractivity contribution in [1.29, 1.82) is 0 Å². The van der Waals surface area contributed by atoms with Crippen LogP contribution in [0.4, 0.5) is 5.69 Å². The first-order chi connectivity index (χ1) is 15.5. The summed E-state index contributed by atoms with van der Waals surface area (Å²) in [5.74, 6) is 0.446. The van der Waals surface area contributed by atoms with Gasteiger partial charge in [-0.05, 0) is 42.0 Å². The van der Waals surface area contributed by atoms with Gasteiger partial charge in [0.2, 0.25) is 5.91 Å². The van der Waals surface area contributed by atoms with Crippen LogP contribution in [0.2, 0.25) is 5.02 Å². The first-order valence-corrected chi connectivity index (χ1v) is 11.0. The van der Waals surface area contributed by atoms with E-state index in [4.69, 9.17) is 16.3 Å². The van der Waals surface area contributed by atoms with Crippen molar-refractivity contribution >= 4 is 39.9 Å². The standard InChI is InChI=1S/C25H26ClN3O3/c1-17(24(30)27-22-16-19(26)10-11-23(22)32-2)28-12-14-29(15-13-28)25(31)21-9-5-7-18-6-3-4-8-20(18)21/h3-11,16-17H,12-15H2,1-2H3,(H,27,30). The number of hydrogen-bond donors (Lipinski definition) is 1. The maximum Gasteiger partial charge on any atom is 0.254 e. The van der Waals surface area contributed by atoms with E-state index >= 15 is 0 Å². The number of fused-ring (bicyclic) bond motifs is 1. The third kappa shape index (κ3) is 4.56. The van der Waals surface area contributed by atoms with E-state index in [-0.39, 0.29) is 17.9 Å². The van der Waals surface area contributed by atoms with Gasteiger partial charge in [-0.3, -0.25) is 14.5 Å². The predicted molar refractivity (Wildman–Crippen MR) is 128 cm³/mol. The van der Waals surface area contributed by atoms with Gasteiger partial charge in [-0.25, -0.2) is 0 Å². The molecule has 0 bridgehead atoms. The Morgan fingerprint density at radius 3 is 2.47 bits per heavy atom. The Kier molecular flexibility index (Phi) is 6.63. The zero-order chi connectivity index (χ0) is 22.7. The lowest BCUT2D eigenvalue weighted by Crippen LogP contribution is -2.54. The lowest BCUT2D eigenvalue weighted by molar-refractivity contribution is -0.121. The molecule has 2 amide bonds. The zero-order valence-corrected chi connectivity index (χ0v) is 18.9. The number of hydrogen-bond acceptors (Lipinski definition) is 4. The number of carbonyl (C=O) groups excluding carboxylic acids is 2. The number of nitrogens with zero attached hydrogens (tertiary/aromatic N) is 2. The molecule has 1 saturated heterocycles. The molecule has 3 aromatic rings. The Bertz CT molecular complexity index is 1140. The third-order valence-electron chi connectivity index (χ3n) is 5.97. The molecule has 1 aliphatic rings. The number of carbonyl (C=O) groups is 2. The molecule has 1 fully saturated rings. The molecule has 0 aromatic heterocycles. The van der Waals surface area contributed by atoms with E-state index < -0.39 is 0 Å². The summed E-state index contributed by atoms with van der Waals surface area (Å²) < 4.78 is 5.31. The van der Waals surface area contributed by atoms with E-state index in [2.05, 4.69) is 10.2 Å². The fourth-order valence-corrected chi connectivity index (χ4v) is 4.25. The summed E-state index contributed by atoms with van der Waals surface area (Å²) in [7, 11) is 1.55. The molecule has 1 atom stereocenters. The van der Waals surface area contributed by atoms with Crippen LogP contribution in [0.5, 0.6) is 5.75 Å². The SMILES string of the molecule is COc1ccc(Cl)cc1NC(=O)C(C)N1CCN(C(=O)c2cccc3ccccc23)CC1. The second kappa shape index (κ2) is 9.59. The Morgan fingerprint density at radius 1 is 1.00 bits per heavy atom. The molecule has 1 aliphatic heterocycles. The van der Waals surface area contributed by atoms with Gasteiger partial charge in [0.05, 0.1) is 18.8 Å². The van der Waals surface area contributed by atoms with Crippen LogP contribution in [0, 0.1) is 0 Å². The molecule has 3 aromatic carbocycles. The van der Waals surface area contributed by atoms with Crippen LogP contribution in [0.3, 0.4) is 0 Å². The summed E-state index contributed by atoms with van der Waals surface area (Å²) >= 11 is 6.06. The maximum absolute atomic E-state index is 13.2. The molecule has 7 heteroatoms. The molecule has 0 aliphatic carbocycles. The molecule has 1 N–H and O–H groups in total. The van der Waals surface area contributed by atoms with Crippen LogP contribution >= 0.6 is 11.6 Å². The molecular weight excluding hydrogens is 426 g/mol. The van der Waals surface area contributed by atoms with Crippen molar-refractivity contribution in [3.8, 4) is 5.75 Å². The second-order valence-electron chi connectivity index (χ2n) is 7.86. The first kappa shape index (κ1) is 22.1. The lowest BCUT2D eigenvalue weighted by atomic mass is 10.0. The van der Waals surface area contributed by atoms with Gasteiger partial charge < -0.3 is 15.0 Å². The highest BCUT2D eigenvalue weighted by atomic mass is 35.5. The number of rotatable bonds is 5. The molecule has 0 spiro atoms. The van der Waals surface area contributed by atoms with Gasteiger partial charge in [0, 0.05) is 36.8 Å². The number of piperazine rings is 1. The van der Waals surface area contributed by atoms with Crippen LogP contribution in [0.15, 0.2) is 60.7 Å². The van der Waals surface area contributed by atoms with E-state index in [0.29, 0.717) is 42.6 Å². The smallest absolute Gasteiger partial charge is 0.254 e. The van der Waals surface area contributed by atoms with Gasteiger partial charge in [0.15, 0.2) is 0 Å². The number of amides is 2. The molecule has 1 heterocycles. The van der Waals surface area contributed by atoms with E-state index in [0.717, 1.165) is 16.3 Å². The topological polar surface area (TPSA) is 61.9 Å². The molecule has 0 radical (unpaired) electrons. The highest BCUT2D eigenvalue weighted by Gasteiger charge is 2.28. The van der Waals surface area contributed by atoms with Crippen LogP contribution in [0.25, 0.3) is 10.8 Å². The van der Waals surface area contributed by atoms with Gasteiger partial charge in [-0.1, -0.05) is 48.0 Å². The first-order valence-electron chi connectivity index (χ1n) is 10.6. The minimum absolute atomic E-state index is 0.0298. The molecule has 32 heavy (non-hydrogen) atoms. The predicted octanol–water partition coefficient (Wildman–Crippen LogP) is 4.29. The van der Waals surface area contributed by atoms with Crippen molar-refractivity contribution in [2.24, 2.45) is 0 Å². The summed E-state index contributed by atoms with van der Waals surface area (Å²) in [6.07, 6.45) is 0. The van der Waals surface area contributed by atoms with Gasteiger partial charge in [0.25, 0.3) is 5.91 Å². The van der Waals surface area contributed by atoms with E-state index in [1.165, 1.54) is 0 Å². The van der Waals surface area contributed by atoms with Crippen LogP contribution in [-0.4, -0.2) is 60.9 Å². The number of benzene rings is 3. The summed E-state index contributed by atoms with van der Waals surface area (Å²) in [6, 6.07) is 18.5. The van der Waals surface area contributed by atoms with Gasteiger partial charge in [-0.2, -0.15) is 0 Å². The largest absolute Gasteiger partial charge is 0.495 e. The maximum atomic E-state index is 13.2. The summed E-state index contributed by atoms with van der Waals surface area (Å²) in [5, 5.41) is 5.45. The van der Waals surface area contributed by atoms with Crippen molar-refractivity contribution in [2.75, 3.05) is 38.6 Å². The molecule has 166 valence electrons. The molecule has 1 unspecified atom stereocenters. The fourth-order valence-electron chi connectivity index (χ4n) is 4.08.